The van der Waals surface area contributed by atoms with Crippen molar-refractivity contribution in [1.29, 1.82) is 0 Å². The summed E-state index contributed by atoms with van der Waals surface area (Å²) in [5.74, 6) is 2.83. The third-order valence-electron chi connectivity index (χ3n) is 7.95. The highest BCUT2D eigenvalue weighted by Gasteiger charge is 2.36. The second-order valence-electron chi connectivity index (χ2n) is 10.5. The number of likely N-dealkylation sites (tertiary alicyclic amines) is 1. The highest BCUT2D eigenvalue weighted by Crippen LogP contribution is 2.35. The number of methoxy groups -OCH3 is 1. The molecule has 2 fully saturated rings. The Hall–Kier alpha value is -4.06. The van der Waals surface area contributed by atoms with Gasteiger partial charge in [0.2, 0.25) is 5.91 Å². The van der Waals surface area contributed by atoms with Crippen LogP contribution in [-0.4, -0.2) is 45.5 Å². The van der Waals surface area contributed by atoms with Crippen LogP contribution in [0.15, 0.2) is 72.9 Å². The van der Waals surface area contributed by atoms with E-state index in [0.717, 1.165) is 72.6 Å². The van der Waals surface area contributed by atoms with E-state index in [0.29, 0.717) is 11.8 Å². The van der Waals surface area contributed by atoms with Gasteiger partial charge < -0.3 is 19.2 Å². The van der Waals surface area contributed by atoms with Crippen molar-refractivity contribution in [2.45, 2.75) is 25.8 Å². The zero-order valence-corrected chi connectivity index (χ0v) is 21.0. The van der Waals surface area contributed by atoms with Crippen molar-refractivity contribution < 1.29 is 9.53 Å². The molecule has 6 heteroatoms. The van der Waals surface area contributed by atoms with Crippen molar-refractivity contribution in [3.05, 3.63) is 72.9 Å². The molecule has 0 unspecified atom stereocenters. The Morgan fingerprint density at radius 3 is 2.59 bits per heavy atom. The molecule has 0 radical (unpaired) electrons. The summed E-state index contributed by atoms with van der Waals surface area (Å²) in [5.41, 5.74) is 6.62. The van der Waals surface area contributed by atoms with Gasteiger partial charge in [-0.05, 0) is 66.0 Å². The van der Waals surface area contributed by atoms with Crippen LogP contribution in [0, 0.1) is 11.8 Å². The number of carbonyl (C=O) groups is 1. The van der Waals surface area contributed by atoms with Crippen LogP contribution < -0.4 is 4.74 Å². The minimum atomic E-state index is 0.284. The van der Waals surface area contributed by atoms with Crippen LogP contribution in [0.5, 0.6) is 5.75 Å². The number of aromatic nitrogens is 3. The van der Waals surface area contributed by atoms with E-state index in [2.05, 4.69) is 69.0 Å². The van der Waals surface area contributed by atoms with E-state index in [1.807, 2.05) is 18.3 Å². The fraction of sp³-hybridized carbons (Fsp3) is 0.290. The van der Waals surface area contributed by atoms with Crippen molar-refractivity contribution in [2.75, 3.05) is 20.2 Å². The Morgan fingerprint density at radius 1 is 0.973 bits per heavy atom. The first-order valence-corrected chi connectivity index (χ1v) is 13.2. The van der Waals surface area contributed by atoms with Crippen LogP contribution in [-0.2, 0) is 11.3 Å². The average Bonchev–Trinajstić information content (AvgIpc) is 3.33. The van der Waals surface area contributed by atoms with Gasteiger partial charge in [0.1, 0.15) is 11.6 Å². The number of amides is 1. The molecular formula is C31H30N4O2. The largest absolute Gasteiger partial charge is 0.497 e. The summed E-state index contributed by atoms with van der Waals surface area (Å²) >= 11 is 0. The van der Waals surface area contributed by atoms with Crippen LogP contribution in [0.2, 0.25) is 0 Å². The molecule has 186 valence electrons. The molecule has 37 heavy (non-hydrogen) atoms. The topological polar surface area (TPSA) is 63.1 Å². The van der Waals surface area contributed by atoms with Crippen molar-refractivity contribution >= 4 is 27.8 Å². The molecule has 5 aromatic rings. The monoisotopic (exact) mass is 490 g/mol. The van der Waals surface area contributed by atoms with E-state index in [1.165, 1.54) is 16.5 Å². The second kappa shape index (κ2) is 8.80. The Kier molecular flexibility index (Phi) is 5.27. The second-order valence-corrected chi connectivity index (χ2v) is 10.5. The summed E-state index contributed by atoms with van der Waals surface area (Å²) in [6.45, 7) is 2.55. The maximum Gasteiger partial charge on any atom is 0.225 e. The molecule has 1 aliphatic heterocycles. The Morgan fingerprint density at radius 2 is 1.78 bits per heavy atom. The molecule has 1 saturated carbocycles. The van der Waals surface area contributed by atoms with E-state index in [9.17, 15) is 4.79 Å². The number of benzene rings is 3. The van der Waals surface area contributed by atoms with Crippen molar-refractivity contribution in [1.82, 2.24) is 19.4 Å². The predicted octanol–water partition coefficient (Wildman–Crippen LogP) is 6.12. The van der Waals surface area contributed by atoms with E-state index in [-0.39, 0.29) is 5.92 Å². The normalized spacial score (nSPS) is 17.6. The number of hydrogen-bond donors (Lipinski definition) is 1. The highest BCUT2D eigenvalue weighted by atomic mass is 16.5. The first-order valence-electron chi connectivity index (χ1n) is 13.2. The number of rotatable bonds is 6. The Bertz CT molecular complexity index is 1610. The van der Waals surface area contributed by atoms with Gasteiger partial charge in [-0.3, -0.25) is 4.79 Å². The van der Waals surface area contributed by atoms with Crippen molar-refractivity contribution in [3.63, 3.8) is 0 Å². The number of nitrogens with zero attached hydrogens (tertiary/aromatic N) is 3. The minimum Gasteiger partial charge on any atom is -0.497 e. The molecule has 2 aliphatic rings. The van der Waals surface area contributed by atoms with E-state index < -0.39 is 0 Å². The predicted molar refractivity (Wildman–Crippen MR) is 146 cm³/mol. The van der Waals surface area contributed by atoms with Gasteiger partial charge in [-0.1, -0.05) is 36.4 Å². The smallest absolute Gasteiger partial charge is 0.225 e. The van der Waals surface area contributed by atoms with Crippen LogP contribution in [0.4, 0.5) is 0 Å². The number of carbonyl (C=O) groups excluding carboxylic acids is 1. The number of H-pyrrole nitrogens is 1. The molecule has 1 amide bonds. The molecule has 3 aromatic carbocycles. The van der Waals surface area contributed by atoms with E-state index in [1.54, 1.807) is 7.11 Å². The lowest BCUT2D eigenvalue weighted by Gasteiger charge is -2.18. The minimum absolute atomic E-state index is 0.284. The summed E-state index contributed by atoms with van der Waals surface area (Å²) in [6.07, 6.45) is 5.14. The van der Waals surface area contributed by atoms with Crippen LogP contribution in [0.3, 0.4) is 0 Å². The van der Waals surface area contributed by atoms with Gasteiger partial charge in [-0.2, -0.15) is 0 Å². The summed E-state index contributed by atoms with van der Waals surface area (Å²) in [5, 5.41) is 1.22. The molecule has 1 saturated heterocycles. The number of ether oxygens (including phenoxy) is 1. The molecule has 3 heterocycles. The lowest BCUT2D eigenvalue weighted by molar-refractivity contribution is -0.131. The Balaban J connectivity index is 1.22. The third kappa shape index (κ3) is 4.06. The maximum absolute atomic E-state index is 12.6. The average molecular weight is 491 g/mol. The number of aromatic amines is 1. The van der Waals surface area contributed by atoms with Gasteiger partial charge in [0.15, 0.2) is 0 Å². The standard InChI is InChI=1S/C31H30N4O2/c1-37-26-10-11-29-28(17-26)33-30(35(29)19-20-13-15-34(18-20)31(36)24-7-8-24)23-5-2-21(3-6-23)25-9-4-22-12-14-32-27(22)16-25/h2-6,9-12,14,16-17,20,24,32H,7-8,13,15,18-19H2,1H3/t20-/m0/s1. The zero-order chi connectivity index (χ0) is 24.9. The number of nitrogens with one attached hydrogen (secondary N) is 1. The molecule has 0 spiro atoms. The highest BCUT2D eigenvalue weighted by molar-refractivity contribution is 5.86. The van der Waals surface area contributed by atoms with Gasteiger partial charge in [-0.15, -0.1) is 0 Å². The molecule has 0 bridgehead atoms. The van der Waals surface area contributed by atoms with E-state index >= 15 is 0 Å². The fourth-order valence-electron chi connectivity index (χ4n) is 5.71. The van der Waals surface area contributed by atoms with Crippen molar-refractivity contribution in [3.8, 4) is 28.3 Å². The van der Waals surface area contributed by atoms with Crippen LogP contribution >= 0.6 is 0 Å². The number of hydrogen-bond acceptors (Lipinski definition) is 3. The van der Waals surface area contributed by atoms with Gasteiger partial charge in [0.25, 0.3) is 0 Å². The van der Waals surface area contributed by atoms with Gasteiger partial charge >= 0.3 is 0 Å². The molecule has 1 N–H and O–H groups in total. The quantitative estimate of drug-likeness (QED) is 0.312. The maximum atomic E-state index is 12.6. The van der Waals surface area contributed by atoms with Gasteiger partial charge in [-0.25, -0.2) is 4.98 Å². The summed E-state index contributed by atoms with van der Waals surface area (Å²) in [6, 6.07) is 23.4. The van der Waals surface area contributed by atoms with Gasteiger partial charge in [0.05, 0.1) is 18.1 Å². The number of imidazole rings is 1. The SMILES string of the molecule is COc1ccc2c(c1)nc(-c1ccc(-c3ccc4cc[nH]c4c3)cc1)n2C[C@H]1CCN(C(=O)C2CC2)C1. The van der Waals surface area contributed by atoms with Gasteiger partial charge in [0, 0.05) is 48.9 Å². The Labute approximate surface area is 215 Å². The third-order valence-corrected chi connectivity index (χ3v) is 7.95. The molecule has 2 aromatic heterocycles. The lowest BCUT2D eigenvalue weighted by atomic mass is 10.0. The zero-order valence-electron chi connectivity index (χ0n) is 21.0. The van der Waals surface area contributed by atoms with Crippen molar-refractivity contribution in [2.24, 2.45) is 11.8 Å². The summed E-state index contributed by atoms with van der Waals surface area (Å²) < 4.78 is 7.81. The lowest BCUT2D eigenvalue weighted by Crippen LogP contribution is -2.30. The molecule has 1 aliphatic carbocycles. The first-order chi connectivity index (χ1) is 18.2. The molecule has 6 nitrogen and oxygen atoms in total. The molecular weight excluding hydrogens is 460 g/mol. The van der Waals surface area contributed by atoms with Crippen LogP contribution in [0.1, 0.15) is 19.3 Å². The fourth-order valence-corrected chi connectivity index (χ4v) is 5.71. The number of fused-ring (bicyclic) bond motifs is 2. The van der Waals surface area contributed by atoms with Crippen LogP contribution in [0.25, 0.3) is 44.5 Å². The first kappa shape index (κ1) is 22.2. The molecule has 1 atom stereocenters. The summed E-state index contributed by atoms with van der Waals surface area (Å²) in [4.78, 5) is 23.1. The van der Waals surface area contributed by atoms with E-state index in [4.69, 9.17) is 9.72 Å². The summed E-state index contributed by atoms with van der Waals surface area (Å²) in [7, 11) is 1.69. The molecule has 7 rings (SSSR count).